The van der Waals surface area contributed by atoms with E-state index in [9.17, 15) is 20.1 Å². The molecule has 0 fully saturated rings. The Labute approximate surface area is 481 Å². The zero-order valence-electron chi connectivity index (χ0n) is 51.9. The van der Waals surface area contributed by atoms with Crippen molar-refractivity contribution in [3.8, 4) is 0 Å². The summed E-state index contributed by atoms with van der Waals surface area (Å²) in [4.78, 5) is 12.6. The molecule has 0 rings (SSSR count). The lowest BCUT2D eigenvalue weighted by Crippen LogP contribution is -2.48. The van der Waals surface area contributed by atoms with E-state index in [1.807, 2.05) is 6.08 Å². The summed E-state index contributed by atoms with van der Waals surface area (Å²) in [6, 6.07) is -0.825. The smallest absolute Gasteiger partial charge is 0.249 e. The van der Waals surface area contributed by atoms with Gasteiger partial charge in [-0.15, -0.1) is 0 Å². The van der Waals surface area contributed by atoms with E-state index in [4.69, 9.17) is 0 Å². The maximum Gasteiger partial charge on any atom is 0.249 e. The van der Waals surface area contributed by atoms with Crippen LogP contribution >= 0.6 is 0 Å². The molecule has 0 aromatic rings. The number of hydrogen-bond donors (Lipinski definition) is 4. The third-order valence-corrected chi connectivity index (χ3v) is 16.1. The van der Waals surface area contributed by atoms with E-state index in [1.54, 1.807) is 6.08 Å². The Balaban J connectivity index is 3.55. The largest absolute Gasteiger partial charge is 0.394 e. The van der Waals surface area contributed by atoms with Crippen molar-refractivity contribution in [1.29, 1.82) is 0 Å². The Morgan fingerprint density at radius 2 is 0.571 bits per heavy atom. The molecule has 0 heterocycles. The van der Waals surface area contributed by atoms with Crippen molar-refractivity contribution < 1.29 is 20.1 Å². The fourth-order valence-electron chi connectivity index (χ4n) is 10.7. The van der Waals surface area contributed by atoms with Crippen LogP contribution in [0.4, 0.5) is 0 Å². The molecule has 0 saturated heterocycles. The van der Waals surface area contributed by atoms with E-state index < -0.39 is 24.2 Å². The van der Waals surface area contributed by atoms with Crippen LogP contribution in [-0.2, 0) is 4.79 Å². The topological polar surface area (TPSA) is 89.8 Å². The van der Waals surface area contributed by atoms with Gasteiger partial charge in [0.25, 0.3) is 0 Å². The molecular formula is C72H135NO4. The van der Waals surface area contributed by atoms with Crippen LogP contribution < -0.4 is 5.32 Å². The summed E-state index contributed by atoms with van der Waals surface area (Å²) in [6.45, 7) is 4.21. The molecule has 0 saturated carbocycles. The molecular weight excluding hydrogens is 943 g/mol. The molecule has 77 heavy (non-hydrogen) atoms. The van der Waals surface area contributed by atoms with E-state index in [-0.39, 0.29) is 6.61 Å². The van der Waals surface area contributed by atoms with Gasteiger partial charge in [-0.25, -0.2) is 0 Å². The van der Waals surface area contributed by atoms with E-state index in [0.29, 0.717) is 6.42 Å². The van der Waals surface area contributed by atoms with Gasteiger partial charge in [0.15, 0.2) is 0 Å². The van der Waals surface area contributed by atoms with Gasteiger partial charge in [-0.05, 0) is 77.0 Å². The minimum absolute atomic E-state index is 0.381. The van der Waals surface area contributed by atoms with Gasteiger partial charge in [-0.2, -0.15) is 0 Å². The predicted octanol–water partition coefficient (Wildman–Crippen LogP) is 22.5. The molecule has 0 aliphatic rings. The zero-order chi connectivity index (χ0) is 55.7. The fourth-order valence-corrected chi connectivity index (χ4v) is 10.7. The van der Waals surface area contributed by atoms with Gasteiger partial charge < -0.3 is 20.6 Å². The highest BCUT2D eigenvalue weighted by Crippen LogP contribution is 2.18. The summed E-state index contributed by atoms with van der Waals surface area (Å²) in [6.07, 6.45) is 92.2. The molecule has 0 spiro atoms. The summed E-state index contributed by atoms with van der Waals surface area (Å²) in [5.74, 6) is -0.513. The third kappa shape index (κ3) is 61.5. The van der Waals surface area contributed by atoms with Crippen molar-refractivity contribution >= 4 is 5.91 Å². The van der Waals surface area contributed by atoms with Crippen LogP contribution in [0.2, 0.25) is 0 Å². The van der Waals surface area contributed by atoms with Gasteiger partial charge in [-0.1, -0.05) is 351 Å². The molecule has 5 nitrogen and oxygen atoms in total. The first kappa shape index (κ1) is 75.0. The standard InChI is InChI=1S/C72H135NO4/c1-3-5-7-9-11-13-15-17-19-21-23-25-27-29-30-31-32-33-34-35-36-37-38-39-40-41-43-45-47-49-51-53-55-57-59-61-63-65-67-71(76)72(77)73-69(68-74)70(75)66-64-62-60-58-56-54-52-50-48-46-44-42-28-26-24-22-20-18-16-14-12-10-8-6-4-2/h32-33,35-36,48,50,56,58,64,66,69-71,74-76H,3-31,34,37-47,49,51-55,57,59-63,65,67-68H2,1-2H3,(H,73,77)/b33-32-,36-35-,50-48+,58-56+,66-64+. The first-order chi connectivity index (χ1) is 38.1. The Kier molecular flexibility index (Phi) is 64.9. The summed E-state index contributed by atoms with van der Waals surface area (Å²) < 4.78 is 0. The van der Waals surface area contributed by atoms with Crippen LogP contribution in [0.25, 0.3) is 0 Å². The lowest BCUT2D eigenvalue weighted by atomic mass is 10.0. The second-order valence-electron chi connectivity index (χ2n) is 23.7. The van der Waals surface area contributed by atoms with Crippen LogP contribution in [-0.4, -0.2) is 46.1 Å². The minimum Gasteiger partial charge on any atom is -0.394 e. The lowest BCUT2D eigenvalue weighted by molar-refractivity contribution is -0.131. The first-order valence-electron chi connectivity index (χ1n) is 34.6. The molecule has 0 aromatic heterocycles. The van der Waals surface area contributed by atoms with Gasteiger partial charge >= 0.3 is 0 Å². The highest BCUT2D eigenvalue weighted by molar-refractivity contribution is 5.80. The third-order valence-electron chi connectivity index (χ3n) is 16.1. The summed E-state index contributed by atoms with van der Waals surface area (Å²) >= 11 is 0. The normalized spacial score (nSPS) is 13.5. The number of aliphatic hydroxyl groups is 3. The number of aliphatic hydroxyl groups excluding tert-OH is 3. The molecule has 452 valence electrons. The number of unbranched alkanes of at least 4 members (excludes halogenated alkanes) is 48. The molecule has 0 radical (unpaired) electrons. The molecule has 4 N–H and O–H groups in total. The second kappa shape index (κ2) is 66.6. The molecule has 5 heteroatoms. The molecule has 3 atom stereocenters. The number of hydrogen-bond acceptors (Lipinski definition) is 4. The van der Waals surface area contributed by atoms with Crippen molar-refractivity contribution in [3.05, 3.63) is 60.8 Å². The van der Waals surface area contributed by atoms with Crippen molar-refractivity contribution in [2.24, 2.45) is 0 Å². The average Bonchev–Trinajstić information content (AvgIpc) is 3.43. The van der Waals surface area contributed by atoms with Gasteiger partial charge in [0.1, 0.15) is 6.10 Å². The average molecular weight is 1080 g/mol. The van der Waals surface area contributed by atoms with E-state index in [1.165, 1.54) is 295 Å². The Hall–Kier alpha value is -1.95. The summed E-state index contributed by atoms with van der Waals surface area (Å²) in [7, 11) is 0. The highest BCUT2D eigenvalue weighted by atomic mass is 16.3. The number of amides is 1. The Bertz CT molecular complexity index is 1290. The van der Waals surface area contributed by atoms with Crippen molar-refractivity contribution in [1.82, 2.24) is 5.32 Å². The number of nitrogens with one attached hydrogen (secondary N) is 1. The van der Waals surface area contributed by atoms with Crippen LogP contribution in [0.3, 0.4) is 0 Å². The lowest BCUT2D eigenvalue weighted by Gasteiger charge is -2.21. The van der Waals surface area contributed by atoms with E-state index in [0.717, 1.165) is 51.4 Å². The Morgan fingerprint density at radius 1 is 0.325 bits per heavy atom. The van der Waals surface area contributed by atoms with Gasteiger partial charge in [0.05, 0.1) is 18.8 Å². The second-order valence-corrected chi connectivity index (χ2v) is 23.7. The fraction of sp³-hybridized carbons (Fsp3) is 0.847. The van der Waals surface area contributed by atoms with Crippen LogP contribution in [0.15, 0.2) is 60.8 Å². The molecule has 1 amide bonds. The Morgan fingerprint density at radius 3 is 0.870 bits per heavy atom. The minimum atomic E-state index is -1.11. The van der Waals surface area contributed by atoms with Crippen molar-refractivity contribution in [3.63, 3.8) is 0 Å². The van der Waals surface area contributed by atoms with Gasteiger partial charge in [-0.3, -0.25) is 4.79 Å². The predicted molar refractivity (Wildman–Crippen MR) is 342 cm³/mol. The molecule has 0 aliphatic heterocycles. The van der Waals surface area contributed by atoms with Gasteiger partial charge in [0.2, 0.25) is 5.91 Å². The van der Waals surface area contributed by atoms with Crippen LogP contribution in [0, 0.1) is 0 Å². The quantitative estimate of drug-likeness (QED) is 0.0361. The SMILES string of the molecule is CCCCCCCCCCCCCCCCC/C=C\C/C=C\CCCCCCCCCCCCCCCCCCC(O)C(=O)NC(CO)C(O)/C=C/CC/C=C/CC/C=C/CCCCCCCCCCCCCCCCC. The van der Waals surface area contributed by atoms with Crippen LogP contribution in [0.5, 0.6) is 0 Å². The maximum absolute atomic E-state index is 12.6. The first-order valence-corrected chi connectivity index (χ1v) is 34.6. The zero-order valence-corrected chi connectivity index (χ0v) is 51.9. The number of allylic oxidation sites excluding steroid dienone is 9. The van der Waals surface area contributed by atoms with Crippen molar-refractivity contribution in [2.45, 2.75) is 385 Å². The maximum atomic E-state index is 12.6. The molecule has 0 bridgehead atoms. The highest BCUT2D eigenvalue weighted by Gasteiger charge is 2.22. The summed E-state index contributed by atoms with van der Waals surface area (Å²) in [5.41, 5.74) is 0. The van der Waals surface area contributed by atoms with E-state index >= 15 is 0 Å². The van der Waals surface area contributed by atoms with Gasteiger partial charge in [0, 0.05) is 0 Å². The number of carbonyl (C=O) groups excluding carboxylic acids is 1. The molecule has 3 unspecified atom stereocenters. The number of rotatable bonds is 64. The monoisotopic (exact) mass is 1080 g/mol. The van der Waals surface area contributed by atoms with E-state index in [2.05, 4.69) is 67.8 Å². The van der Waals surface area contributed by atoms with Crippen molar-refractivity contribution in [2.75, 3.05) is 6.61 Å². The summed E-state index contributed by atoms with van der Waals surface area (Å²) in [5, 5.41) is 33.5. The molecule has 0 aromatic carbocycles. The molecule has 0 aliphatic carbocycles. The number of carbonyl (C=O) groups is 1. The van der Waals surface area contributed by atoms with Crippen LogP contribution in [0.1, 0.15) is 367 Å².